The van der Waals surface area contributed by atoms with Crippen LogP contribution in [-0.4, -0.2) is 18.6 Å². The van der Waals surface area contributed by atoms with E-state index in [1.807, 2.05) is 0 Å². The van der Waals surface area contributed by atoms with E-state index in [0.717, 1.165) is 25.7 Å². The summed E-state index contributed by atoms with van der Waals surface area (Å²) in [5.74, 6) is -0.339. The van der Waals surface area contributed by atoms with Crippen molar-refractivity contribution in [2.24, 2.45) is 11.7 Å². The number of hydrogen-bond acceptors (Lipinski definition) is 3. The van der Waals surface area contributed by atoms with Crippen molar-refractivity contribution in [3.8, 4) is 5.75 Å². The number of halogens is 1. The summed E-state index contributed by atoms with van der Waals surface area (Å²) in [5, 5.41) is 2.76. The van der Waals surface area contributed by atoms with E-state index in [-0.39, 0.29) is 23.6 Å². The van der Waals surface area contributed by atoms with Crippen molar-refractivity contribution in [3.63, 3.8) is 0 Å². The Bertz CT molecular complexity index is 471. The maximum Gasteiger partial charge on any atom is 0.227 e. The summed E-state index contributed by atoms with van der Waals surface area (Å²) in [6.45, 7) is 2.20. The summed E-state index contributed by atoms with van der Waals surface area (Å²) in [5.41, 5.74) is 6.28. The molecule has 4 nitrogen and oxygen atoms in total. The molecule has 110 valence electrons. The molecular weight excluding hydrogens is 259 g/mol. The van der Waals surface area contributed by atoms with Crippen molar-refractivity contribution in [2.45, 2.75) is 38.6 Å². The van der Waals surface area contributed by atoms with E-state index in [4.69, 9.17) is 10.5 Å². The van der Waals surface area contributed by atoms with Gasteiger partial charge in [-0.1, -0.05) is 0 Å². The lowest BCUT2D eigenvalue weighted by Gasteiger charge is -2.25. The summed E-state index contributed by atoms with van der Waals surface area (Å²) < 4.78 is 18.8. The Morgan fingerprint density at radius 1 is 1.40 bits per heavy atom. The van der Waals surface area contributed by atoms with Crippen molar-refractivity contribution >= 4 is 11.6 Å². The van der Waals surface area contributed by atoms with Gasteiger partial charge in [-0.3, -0.25) is 4.79 Å². The molecule has 2 rings (SSSR count). The number of amides is 1. The predicted molar refractivity (Wildman–Crippen MR) is 76.1 cm³/mol. The van der Waals surface area contributed by atoms with E-state index in [9.17, 15) is 9.18 Å². The Hall–Kier alpha value is -1.62. The lowest BCUT2D eigenvalue weighted by molar-refractivity contribution is -0.120. The van der Waals surface area contributed by atoms with Crippen LogP contribution < -0.4 is 15.8 Å². The zero-order valence-corrected chi connectivity index (χ0v) is 11.7. The number of carbonyl (C=O) groups excluding carboxylic acids is 1. The Morgan fingerprint density at radius 2 is 2.10 bits per heavy atom. The number of benzene rings is 1. The minimum atomic E-state index is -0.463. The van der Waals surface area contributed by atoms with Gasteiger partial charge in [0.1, 0.15) is 0 Å². The van der Waals surface area contributed by atoms with E-state index in [1.54, 1.807) is 13.0 Å². The maximum atomic E-state index is 13.7. The molecule has 1 aliphatic carbocycles. The first-order valence-corrected chi connectivity index (χ1v) is 7.09. The summed E-state index contributed by atoms with van der Waals surface area (Å²) >= 11 is 0. The number of carbonyl (C=O) groups is 1. The average Bonchev–Trinajstić information content (AvgIpc) is 2.42. The second-order valence-corrected chi connectivity index (χ2v) is 5.18. The van der Waals surface area contributed by atoms with E-state index in [0.29, 0.717) is 12.3 Å². The van der Waals surface area contributed by atoms with Crippen LogP contribution in [0.3, 0.4) is 0 Å². The molecule has 0 atom stereocenters. The van der Waals surface area contributed by atoms with Gasteiger partial charge in [-0.15, -0.1) is 0 Å². The molecule has 1 amide bonds. The van der Waals surface area contributed by atoms with Crippen LogP contribution in [0, 0.1) is 11.7 Å². The number of hydrogen-bond donors (Lipinski definition) is 2. The van der Waals surface area contributed by atoms with Crippen molar-refractivity contribution in [3.05, 3.63) is 24.0 Å². The van der Waals surface area contributed by atoms with Crippen LogP contribution >= 0.6 is 0 Å². The number of nitrogens with two attached hydrogens (primary N) is 1. The number of anilines is 1. The molecule has 0 saturated heterocycles. The Balaban J connectivity index is 1.95. The highest BCUT2D eigenvalue weighted by Gasteiger charge is 2.24. The molecule has 1 aromatic carbocycles. The van der Waals surface area contributed by atoms with E-state index in [1.165, 1.54) is 12.1 Å². The highest BCUT2D eigenvalue weighted by Crippen LogP contribution is 2.26. The smallest absolute Gasteiger partial charge is 0.227 e. The topological polar surface area (TPSA) is 64.3 Å². The maximum absolute atomic E-state index is 13.7. The van der Waals surface area contributed by atoms with Gasteiger partial charge in [0.25, 0.3) is 0 Å². The third kappa shape index (κ3) is 3.70. The SMILES string of the molecule is CCOc1ccc(NC(=O)C2CCC(N)CC2)cc1F. The van der Waals surface area contributed by atoms with E-state index < -0.39 is 5.82 Å². The fraction of sp³-hybridized carbons (Fsp3) is 0.533. The molecular formula is C15H21FN2O2. The van der Waals surface area contributed by atoms with Crippen LogP contribution in [0.4, 0.5) is 10.1 Å². The third-order valence-corrected chi connectivity index (χ3v) is 3.64. The zero-order chi connectivity index (χ0) is 14.5. The van der Waals surface area contributed by atoms with Gasteiger partial charge in [0.05, 0.1) is 6.61 Å². The fourth-order valence-corrected chi connectivity index (χ4v) is 2.48. The molecule has 1 fully saturated rings. The van der Waals surface area contributed by atoms with E-state index in [2.05, 4.69) is 5.32 Å². The quantitative estimate of drug-likeness (QED) is 0.891. The van der Waals surface area contributed by atoms with Crippen LogP contribution in [0.2, 0.25) is 0 Å². The van der Waals surface area contributed by atoms with Crippen LogP contribution in [0.15, 0.2) is 18.2 Å². The van der Waals surface area contributed by atoms with Crippen LogP contribution in [-0.2, 0) is 4.79 Å². The molecule has 5 heteroatoms. The largest absolute Gasteiger partial charge is 0.491 e. The summed E-state index contributed by atoms with van der Waals surface area (Å²) in [4.78, 5) is 12.1. The first kappa shape index (κ1) is 14.8. The normalized spacial score (nSPS) is 22.4. The van der Waals surface area contributed by atoms with Crippen molar-refractivity contribution in [2.75, 3.05) is 11.9 Å². The molecule has 0 radical (unpaired) electrons. The monoisotopic (exact) mass is 280 g/mol. The molecule has 1 saturated carbocycles. The summed E-state index contributed by atoms with van der Waals surface area (Å²) in [7, 11) is 0. The third-order valence-electron chi connectivity index (χ3n) is 3.64. The highest BCUT2D eigenvalue weighted by atomic mass is 19.1. The lowest BCUT2D eigenvalue weighted by Crippen LogP contribution is -2.32. The van der Waals surface area contributed by atoms with Gasteiger partial charge in [0.2, 0.25) is 5.91 Å². The molecule has 1 aliphatic rings. The van der Waals surface area contributed by atoms with Gasteiger partial charge in [-0.05, 0) is 44.7 Å². The molecule has 1 aromatic rings. The van der Waals surface area contributed by atoms with Crippen LogP contribution in [0.5, 0.6) is 5.75 Å². The Kier molecular flexibility index (Phi) is 4.95. The lowest BCUT2D eigenvalue weighted by atomic mass is 9.86. The minimum absolute atomic E-state index is 0.0237. The molecule has 0 aliphatic heterocycles. The summed E-state index contributed by atoms with van der Waals surface area (Å²) in [6, 6.07) is 4.69. The van der Waals surface area contributed by atoms with Crippen LogP contribution in [0.25, 0.3) is 0 Å². The minimum Gasteiger partial charge on any atom is -0.491 e. The fourth-order valence-electron chi connectivity index (χ4n) is 2.48. The van der Waals surface area contributed by atoms with Gasteiger partial charge >= 0.3 is 0 Å². The molecule has 3 N–H and O–H groups in total. The number of ether oxygens (including phenoxy) is 1. The van der Waals surface area contributed by atoms with Crippen molar-refractivity contribution in [1.82, 2.24) is 0 Å². The Morgan fingerprint density at radius 3 is 2.70 bits per heavy atom. The predicted octanol–water partition coefficient (Wildman–Crippen LogP) is 2.68. The van der Waals surface area contributed by atoms with Gasteiger partial charge in [0.15, 0.2) is 11.6 Å². The highest BCUT2D eigenvalue weighted by molar-refractivity contribution is 5.92. The van der Waals surface area contributed by atoms with Crippen LogP contribution in [0.1, 0.15) is 32.6 Å². The van der Waals surface area contributed by atoms with Gasteiger partial charge in [0, 0.05) is 23.7 Å². The number of rotatable bonds is 4. The average molecular weight is 280 g/mol. The molecule has 0 bridgehead atoms. The first-order valence-electron chi connectivity index (χ1n) is 7.09. The number of nitrogens with one attached hydrogen (secondary N) is 1. The second-order valence-electron chi connectivity index (χ2n) is 5.18. The molecule has 0 heterocycles. The molecule has 0 aromatic heterocycles. The van der Waals surface area contributed by atoms with Crippen molar-refractivity contribution < 1.29 is 13.9 Å². The first-order chi connectivity index (χ1) is 9.60. The Labute approximate surface area is 118 Å². The van der Waals surface area contributed by atoms with Gasteiger partial charge in [-0.2, -0.15) is 0 Å². The second kappa shape index (κ2) is 6.70. The summed E-state index contributed by atoms with van der Waals surface area (Å²) in [6.07, 6.45) is 3.34. The molecule has 0 unspecified atom stereocenters. The van der Waals surface area contributed by atoms with Crippen molar-refractivity contribution in [1.29, 1.82) is 0 Å². The van der Waals surface area contributed by atoms with Gasteiger partial charge in [-0.25, -0.2) is 4.39 Å². The molecule has 0 spiro atoms. The zero-order valence-electron chi connectivity index (χ0n) is 11.7. The van der Waals surface area contributed by atoms with E-state index >= 15 is 0 Å². The van der Waals surface area contributed by atoms with Gasteiger partial charge < -0.3 is 15.8 Å². The molecule has 20 heavy (non-hydrogen) atoms. The standard InChI is InChI=1S/C15H21FN2O2/c1-2-20-14-8-7-12(9-13(14)16)18-15(19)10-3-5-11(17)6-4-10/h7-11H,2-6,17H2,1H3,(H,18,19).